The Morgan fingerprint density at radius 1 is 1.40 bits per heavy atom. The molecule has 1 atom stereocenters. The molecule has 6 heteroatoms. The molecule has 0 radical (unpaired) electrons. The Bertz CT molecular complexity index is 357. The topological polar surface area (TPSA) is 63.3 Å². The van der Waals surface area contributed by atoms with Crippen molar-refractivity contribution in [2.75, 3.05) is 0 Å². The number of benzene rings is 1. The predicted octanol–water partition coefficient (Wildman–Crippen LogP) is 2.37. The Labute approximate surface area is 104 Å². The highest BCUT2D eigenvalue weighted by Crippen LogP contribution is 2.22. The summed E-state index contributed by atoms with van der Waals surface area (Å²) in [6.07, 6.45) is 0.242. The molecule has 3 nitrogen and oxygen atoms in total. The highest BCUT2D eigenvalue weighted by Gasteiger charge is 2.12. The van der Waals surface area contributed by atoms with E-state index in [0.29, 0.717) is 10.0 Å². The zero-order chi connectivity index (χ0) is 10.7. The van der Waals surface area contributed by atoms with Gasteiger partial charge in [0.05, 0.1) is 10.0 Å². The third-order valence-corrected chi connectivity index (χ3v) is 2.50. The highest BCUT2D eigenvalue weighted by atomic mass is 35.5. The lowest BCUT2D eigenvalue weighted by atomic mass is 10.1. The van der Waals surface area contributed by atoms with Crippen molar-refractivity contribution in [2.24, 2.45) is 5.73 Å². The van der Waals surface area contributed by atoms with Crippen molar-refractivity contribution in [3.63, 3.8) is 0 Å². The van der Waals surface area contributed by atoms with Crippen molar-refractivity contribution < 1.29 is 9.90 Å². The van der Waals surface area contributed by atoms with Crippen LogP contribution in [0, 0.1) is 0 Å². The van der Waals surface area contributed by atoms with E-state index < -0.39 is 12.0 Å². The van der Waals surface area contributed by atoms with E-state index >= 15 is 0 Å². The summed E-state index contributed by atoms with van der Waals surface area (Å²) in [6.45, 7) is 0. The molecule has 0 bridgehead atoms. The Morgan fingerprint density at radius 3 is 2.47 bits per heavy atom. The lowest BCUT2D eigenvalue weighted by Gasteiger charge is -2.06. The van der Waals surface area contributed by atoms with E-state index in [1.807, 2.05) is 0 Å². The second-order valence-electron chi connectivity index (χ2n) is 2.90. The van der Waals surface area contributed by atoms with Crippen LogP contribution < -0.4 is 5.73 Å². The van der Waals surface area contributed by atoms with Gasteiger partial charge in [-0.2, -0.15) is 0 Å². The summed E-state index contributed by atoms with van der Waals surface area (Å²) in [7, 11) is 0. The minimum Gasteiger partial charge on any atom is -0.480 e. The maximum atomic E-state index is 10.5. The number of hydrogen-bond donors (Lipinski definition) is 2. The zero-order valence-electron chi connectivity index (χ0n) is 7.61. The van der Waals surface area contributed by atoms with Gasteiger partial charge in [-0.1, -0.05) is 29.3 Å². The molecule has 0 aliphatic carbocycles. The molecular weight excluding hydrogens is 260 g/mol. The van der Waals surface area contributed by atoms with Gasteiger partial charge in [0, 0.05) is 0 Å². The number of nitrogens with two attached hydrogens (primary N) is 1. The SMILES string of the molecule is Cl.N[C@H](Cc1ccc(Cl)c(Cl)c1)C(=O)O. The number of carboxylic acids is 1. The smallest absolute Gasteiger partial charge is 0.320 e. The first kappa shape index (κ1) is 14.5. The van der Waals surface area contributed by atoms with Gasteiger partial charge in [0.1, 0.15) is 6.04 Å². The van der Waals surface area contributed by atoms with E-state index in [4.69, 9.17) is 34.0 Å². The van der Waals surface area contributed by atoms with Gasteiger partial charge in [0.15, 0.2) is 0 Å². The van der Waals surface area contributed by atoms with Crippen molar-refractivity contribution in [1.82, 2.24) is 0 Å². The van der Waals surface area contributed by atoms with E-state index in [-0.39, 0.29) is 18.8 Å². The van der Waals surface area contributed by atoms with Crippen LogP contribution in [0.4, 0.5) is 0 Å². The van der Waals surface area contributed by atoms with Crippen LogP contribution >= 0.6 is 35.6 Å². The summed E-state index contributed by atoms with van der Waals surface area (Å²) in [6, 6.07) is 4.03. The summed E-state index contributed by atoms with van der Waals surface area (Å²) in [4.78, 5) is 10.5. The fraction of sp³-hybridized carbons (Fsp3) is 0.222. The van der Waals surface area contributed by atoms with Gasteiger partial charge in [0.25, 0.3) is 0 Å². The molecule has 1 aromatic carbocycles. The van der Waals surface area contributed by atoms with Crippen LogP contribution in [-0.4, -0.2) is 17.1 Å². The molecule has 3 N–H and O–H groups in total. The number of rotatable bonds is 3. The first-order chi connectivity index (χ1) is 6.50. The average Bonchev–Trinajstić information content (AvgIpc) is 2.11. The predicted molar refractivity (Wildman–Crippen MR) is 63.0 cm³/mol. The van der Waals surface area contributed by atoms with Crippen LogP contribution in [0.5, 0.6) is 0 Å². The maximum Gasteiger partial charge on any atom is 0.320 e. The summed E-state index contributed by atoms with van der Waals surface area (Å²) in [5.74, 6) is -1.03. The number of carboxylic acid groups (broad SMARTS) is 1. The maximum absolute atomic E-state index is 10.5. The first-order valence-corrected chi connectivity index (χ1v) is 4.68. The van der Waals surface area contributed by atoms with E-state index in [1.54, 1.807) is 18.2 Å². The van der Waals surface area contributed by atoms with Crippen LogP contribution in [0.2, 0.25) is 10.0 Å². The molecule has 0 saturated carbocycles. The molecule has 0 unspecified atom stereocenters. The molecule has 0 aromatic heterocycles. The second-order valence-corrected chi connectivity index (χ2v) is 3.71. The Balaban J connectivity index is 0.00000196. The van der Waals surface area contributed by atoms with Crippen LogP contribution in [0.1, 0.15) is 5.56 Å². The number of halogens is 3. The molecule has 1 aromatic rings. The molecule has 15 heavy (non-hydrogen) atoms. The highest BCUT2D eigenvalue weighted by molar-refractivity contribution is 6.42. The van der Waals surface area contributed by atoms with Gasteiger partial charge in [-0.25, -0.2) is 0 Å². The van der Waals surface area contributed by atoms with Crippen LogP contribution in [-0.2, 0) is 11.2 Å². The summed E-state index contributed by atoms with van der Waals surface area (Å²) in [5.41, 5.74) is 6.12. The first-order valence-electron chi connectivity index (χ1n) is 3.93. The monoisotopic (exact) mass is 269 g/mol. The minimum atomic E-state index is -1.03. The fourth-order valence-corrected chi connectivity index (χ4v) is 1.33. The van der Waals surface area contributed by atoms with Gasteiger partial charge in [-0.15, -0.1) is 12.4 Å². The molecule has 1 rings (SSSR count). The normalized spacial score (nSPS) is 11.7. The van der Waals surface area contributed by atoms with Gasteiger partial charge in [-0.05, 0) is 24.1 Å². The van der Waals surface area contributed by atoms with Crippen LogP contribution in [0.25, 0.3) is 0 Å². The second kappa shape index (κ2) is 6.18. The molecule has 0 spiro atoms. The largest absolute Gasteiger partial charge is 0.480 e. The summed E-state index contributed by atoms with van der Waals surface area (Å²) >= 11 is 11.5. The van der Waals surface area contributed by atoms with Gasteiger partial charge >= 0.3 is 5.97 Å². The Morgan fingerprint density at radius 2 is 2.00 bits per heavy atom. The van der Waals surface area contributed by atoms with E-state index in [2.05, 4.69) is 0 Å². The summed E-state index contributed by atoms with van der Waals surface area (Å²) < 4.78 is 0. The number of carbonyl (C=O) groups is 1. The van der Waals surface area contributed by atoms with Crippen LogP contribution in [0.15, 0.2) is 18.2 Å². The lowest BCUT2D eigenvalue weighted by Crippen LogP contribution is -2.32. The number of hydrogen-bond acceptors (Lipinski definition) is 2. The zero-order valence-corrected chi connectivity index (χ0v) is 9.94. The molecule has 0 heterocycles. The molecule has 0 aliphatic heterocycles. The van der Waals surface area contributed by atoms with Crippen LogP contribution in [0.3, 0.4) is 0 Å². The standard InChI is InChI=1S/C9H9Cl2NO2.ClH/c10-6-2-1-5(3-7(6)11)4-8(12)9(13)14;/h1-3,8H,4,12H2,(H,13,14);1H/t8-;/m1./s1. The minimum absolute atomic E-state index is 0. The lowest BCUT2D eigenvalue weighted by molar-refractivity contribution is -0.138. The van der Waals surface area contributed by atoms with E-state index in [9.17, 15) is 4.79 Å². The van der Waals surface area contributed by atoms with Gasteiger partial charge < -0.3 is 10.8 Å². The third-order valence-electron chi connectivity index (χ3n) is 1.76. The van der Waals surface area contributed by atoms with Crippen molar-refractivity contribution in [3.05, 3.63) is 33.8 Å². The molecule has 84 valence electrons. The van der Waals surface area contributed by atoms with Crippen molar-refractivity contribution in [2.45, 2.75) is 12.5 Å². The third kappa shape index (κ3) is 4.26. The van der Waals surface area contributed by atoms with Gasteiger partial charge in [0.2, 0.25) is 0 Å². The quantitative estimate of drug-likeness (QED) is 0.886. The molecule has 0 fully saturated rings. The summed E-state index contributed by atoms with van der Waals surface area (Å²) in [5, 5.41) is 9.43. The van der Waals surface area contributed by atoms with Gasteiger partial charge in [-0.3, -0.25) is 4.79 Å². The van der Waals surface area contributed by atoms with Crippen molar-refractivity contribution >= 4 is 41.6 Å². The van der Waals surface area contributed by atoms with Crippen molar-refractivity contribution in [3.8, 4) is 0 Å². The molecule has 0 amide bonds. The molecule has 0 saturated heterocycles. The Kier molecular flexibility index (Phi) is 5.98. The molecular formula is C9H10Cl3NO2. The Hall–Kier alpha value is -0.480. The van der Waals surface area contributed by atoms with Crippen molar-refractivity contribution in [1.29, 1.82) is 0 Å². The average molecular weight is 271 g/mol. The van der Waals surface area contributed by atoms with E-state index in [1.165, 1.54) is 0 Å². The molecule has 0 aliphatic rings. The number of aliphatic carboxylic acids is 1. The fourth-order valence-electron chi connectivity index (χ4n) is 1.01. The van der Waals surface area contributed by atoms with E-state index in [0.717, 1.165) is 5.56 Å².